The van der Waals surface area contributed by atoms with E-state index >= 15 is 0 Å². The summed E-state index contributed by atoms with van der Waals surface area (Å²) in [4.78, 5) is 14.2. The van der Waals surface area contributed by atoms with Gasteiger partial charge in [0.15, 0.2) is 0 Å². The van der Waals surface area contributed by atoms with Crippen LogP contribution in [0.15, 0.2) is 77.0 Å². The van der Waals surface area contributed by atoms with Crippen molar-refractivity contribution >= 4 is 49.5 Å². The highest BCUT2D eigenvalue weighted by molar-refractivity contribution is 7.89. The van der Waals surface area contributed by atoms with Gasteiger partial charge in [-0.05, 0) is 53.4 Å². The number of hydrogen-bond donors (Lipinski definition) is 2. The molecule has 0 saturated carbocycles. The van der Waals surface area contributed by atoms with Crippen molar-refractivity contribution in [1.82, 2.24) is 0 Å². The highest BCUT2D eigenvalue weighted by Crippen LogP contribution is 2.42. The van der Waals surface area contributed by atoms with Crippen molar-refractivity contribution in [3.05, 3.63) is 77.7 Å². The maximum absolute atomic E-state index is 12.5. The number of benzene rings is 3. The number of anilines is 2. The molecule has 0 saturated heterocycles. The van der Waals surface area contributed by atoms with Crippen molar-refractivity contribution in [3.8, 4) is 10.4 Å². The third-order valence-electron chi connectivity index (χ3n) is 5.05. The molecule has 158 valence electrons. The number of carboxylic acids is 1. The number of sulfonamides is 1. The molecule has 0 unspecified atom stereocenters. The summed E-state index contributed by atoms with van der Waals surface area (Å²) in [7, 11) is -4.18. The number of carbonyl (C=O) groups is 1. The lowest BCUT2D eigenvalue weighted by Crippen LogP contribution is -2.21. The van der Waals surface area contributed by atoms with Crippen LogP contribution in [0.5, 0.6) is 0 Å². The van der Waals surface area contributed by atoms with Gasteiger partial charge in [-0.2, -0.15) is 0 Å². The number of fused-ring (bicyclic) bond motifs is 1. The molecule has 0 bridgehead atoms. The van der Waals surface area contributed by atoms with Gasteiger partial charge in [-0.3, -0.25) is 0 Å². The third-order valence-corrected chi connectivity index (χ3v) is 6.88. The van der Waals surface area contributed by atoms with Crippen LogP contribution < -0.4 is 10.0 Å². The monoisotopic (exact) mass is 452 g/mol. The molecule has 8 heteroatoms. The number of nitrogens with two attached hydrogens (primary N) is 1. The summed E-state index contributed by atoms with van der Waals surface area (Å²) in [6.45, 7) is 2.42. The first-order chi connectivity index (χ1) is 14.8. The van der Waals surface area contributed by atoms with Gasteiger partial charge in [0.2, 0.25) is 10.0 Å². The van der Waals surface area contributed by atoms with Crippen LogP contribution >= 0.6 is 11.3 Å². The van der Waals surface area contributed by atoms with Crippen molar-refractivity contribution in [2.75, 3.05) is 11.4 Å². The summed E-state index contributed by atoms with van der Waals surface area (Å²) in [6.07, 6.45) is 0. The zero-order valence-corrected chi connectivity index (χ0v) is 18.3. The number of carboxylic acid groups (broad SMARTS) is 1. The van der Waals surface area contributed by atoms with Crippen LogP contribution in [-0.2, 0) is 10.0 Å². The fraction of sp³-hybridized carbons (Fsp3) is 0.0870. The van der Waals surface area contributed by atoms with Gasteiger partial charge in [0, 0.05) is 22.7 Å². The second-order valence-corrected chi connectivity index (χ2v) is 9.45. The predicted octanol–water partition coefficient (Wildman–Crippen LogP) is 5.07. The molecule has 4 aromatic rings. The fourth-order valence-electron chi connectivity index (χ4n) is 3.67. The van der Waals surface area contributed by atoms with Crippen LogP contribution in [0.3, 0.4) is 0 Å². The lowest BCUT2D eigenvalue weighted by atomic mass is 10.0. The number of rotatable bonds is 6. The summed E-state index contributed by atoms with van der Waals surface area (Å²) in [5.41, 5.74) is 1.56. The molecule has 0 atom stereocenters. The fourth-order valence-corrected chi connectivity index (χ4v) is 5.31. The van der Waals surface area contributed by atoms with E-state index in [1.165, 1.54) is 17.4 Å². The Bertz CT molecular complexity index is 1380. The molecular formula is C23H20N2O4S2. The van der Waals surface area contributed by atoms with Gasteiger partial charge in [-0.1, -0.05) is 36.4 Å². The molecule has 6 nitrogen and oxygen atoms in total. The Kier molecular flexibility index (Phi) is 5.53. The zero-order chi connectivity index (χ0) is 22.2. The molecule has 0 aliphatic heterocycles. The highest BCUT2D eigenvalue weighted by atomic mass is 32.2. The molecule has 31 heavy (non-hydrogen) atoms. The molecule has 0 amide bonds. The Labute approximate surface area is 184 Å². The molecule has 4 rings (SSSR count). The number of hydrogen-bond acceptors (Lipinski definition) is 5. The first-order valence-electron chi connectivity index (χ1n) is 9.54. The summed E-state index contributed by atoms with van der Waals surface area (Å²) < 4.78 is 24.9. The molecular weight excluding hydrogens is 432 g/mol. The van der Waals surface area contributed by atoms with E-state index in [1.807, 2.05) is 65.7 Å². The van der Waals surface area contributed by atoms with Crippen molar-refractivity contribution < 1.29 is 18.3 Å². The molecule has 0 aliphatic rings. The molecule has 3 N–H and O–H groups in total. The minimum absolute atomic E-state index is 0.140. The van der Waals surface area contributed by atoms with Crippen molar-refractivity contribution in [3.63, 3.8) is 0 Å². The van der Waals surface area contributed by atoms with Crippen molar-refractivity contribution in [2.24, 2.45) is 5.14 Å². The molecule has 0 aliphatic carbocycles. The van der Waals surface area contributed by atoms with Crippen LogP contribution in [0.1, 0.15) is 17.3 Å². The van der Waals surface area contributed by atoms with E-state index in [9.17, 15) is 18.3 Å². The average molecular weight is 453 g/mol. The number of aromatic carboxylic acids is 1. The average Bonchev–Trinajstić information content (AvgIpc) is 3.27. The summed E-state index contributed by atoms with van der Waals surface area (Å²) >= 11 is 1.37. The van der Waals surface area contributed by atoms with E-state index in [0.29, 0.717) is 22.7 Å². The smallest absolute Gasteiger partial charge is 0.335 e. The second-order valence-electron chi connectivity index (χ2n) is 6.97. The van der Waals surface area contributed by atoms with E-state index in [0.717, 1.165) is 22.5 Å². The van der Waals surface area contributed by atoms with Gasteiger partial charge in [-0.25, -0.2) is 18.4 Å². The highest BCUT2D eigenvalue weighted by Gasteiger charge is 2.26. The minimum atomic E-state index is -4.18. The van der Waals surface area contributed by atoms with Gasteiger partial charge >= 0.3 is 5.97 Å². The molecule has 0 radical (unpaired) electrons. The largest absolute Gasteiger partial charge is 0.478 e. The number of thiophene rings is 1. The van der Waals surface area contributed by atoms with E-state index in [4.69, 9.17) is 5.14 Å². The Balaban J connectivity index is 2.04. The number of primary sulfonamides is 1. The molecule has 0 fully saturated rings. The maximum Gasteiger partial charge on any atom is 0.335 e. The van der Waals surface area contributed by atoms with E-state index in [-0.39, 0.29) is 10.5 Å². The van der Waals surface area contributed by atoms with Crippen molar-refractivity contribution in [2.45, 2.75) is 11.8 Å². The quantitative estimate of drug-likeness (QED) is 0.425. The SMILES string of the molecule is CCN(c1ccc2ccccc2c1)c1cc(C(=O)O)cc(S(N)(=O)=O)c1-c1cccs1. The van der Waals surface area contributed by atoms with Crippen LogP contribution in [0.4, 0.5) is 11.4 Å². The van der Waals surface area contributed by atoms with Crippen LogP contribution in [0.2, 0.25) is 0 Å². The summed E-state index contributed by atoms with van der Waals surface area (Å²) in [5, 5.41) is 19.1. The topological polar surface area (TPSA) is 101 Å². The molecule has 3 aromatic carbocycles. The van der Waals surface area contributed by atoms with E-state index in [2.05, 4.69) is 0 Å². The normalized spacial score (nSPS) is 11.5. The van der Waals surface area contributed by atoms with E-state index in [1.54, 1.807) is 6.07 Å². The van der Waals surface area contributed by atoms with Crippen molar-refractivity contribution in [1.29, 1.82) is 0 Å². The second kappa shape index (κ2) is 8.14. The van der Waals surface area contributed by atoms with Gasteiger partial charge in [-0.15, -0.1) is 11.3 Å². The van der Waals surface area contributed by atoms with Gasteiger partial charge in [0.25, 0.3) is 0 Å². The molecule has 1 aromatic heterocycles. The third kappa shape index (κ3) is 4.05. The minimum Gasteiger partial charge on any atom is -0.478 e. The Morgan fingerprint density at radius 1 is 1.03 bits per heavy atom. The zero-order valence-electron chi connectivity index (χ0n) is 16.6. The first kappa shape index (κ1) is 21.0. The molecule has 0 spiro atoms. The first-order valence-corrected chi connectivity index (χ1v) is 12.0. The predicted molar refractivity (Wildman–Crippen MR) is 125 cm³/mol. The van der Waals surface area contributed by atoms with Gasteiger partial charge in [0.1, 0.15) is 0 Å². The maximum atomic E-state index is 12.5. The lowest BCUT2D eigenvalue weighted by molar-refractivity contribution is 0.0696. The Hall–Kier alpha value is -3.20. The lowest BCUT2D eigenvalue weighted by Gasteiger charge is -2.27. The van der Waals surface area contributed by atoms with Crippen LogP contribution in [0.25, 0.3) is 21.2 Å². The van der Waals surface area contributed by atoms with Crippen LogP contribution in [-0.4, -0.2) is 26.0 Å². The summed E-state index contributed by atoms with van der Waals surface area (Å²) in [5.74, 6) is -1.22. The van der Waals surface area contributed by atoms with E-state index < -0.39 is 16.0 Å². The molecule has 1 heterocycles. The van der Waals surface area contributed by atoms with Gasteiger partial charge in [0.05, 0.1) is 16.1 Å². The Morgan fingerprint density at radius 2 is 1.77 bits per heavy atom. The summed E-state index contributed by atoms with van der Waals surface area (Å²) in [6, 6.07) is 20.1. The standard InChI is InChI=1S/C23H20N2O4S2/c1-2-25(18-10-9-15-6-3-4-7-16(15)12-18)19-13-17(23(26)27)14-21(31(24,28)29)22(19)20-8-5-11-30-20/h3-14H,2H2,1H3,(H,26,27)(H2,24,28,29). The Morgan fingerprint density at radius 3 is 2.39 bits per heavy atom. The van der Waals surface area contributed by atoms with Crippen LogP contribution in [0, 0.1) is 0 Å². The number of nitrogens with zero attached hydrogens (tertiary/aromatic N) is 1. The van der Waals surface area contributed by atoms with Gasteiger partial charge < -0.3 is 10.0 Å².